The fourth-order valence-corrected chi connectivity index (χ4v) is 1.05. The Morgan fingerprint density at radius 2 is 2.08 bits per heavy atom. The van der Waals surface area contributed by atoms with E-state index in [0.717, 1.165) is 0 Å². The summed E-state index contributed by atoms with van der Waals surface area (Å²) in [6.45, 7) is 1.62. The number of aliphatic hydroxyl groups is 1. The van der Waals surface area contributed by atoms with Crippen LogP contribution in [0.25, 0.3) is 0 Å². The average Bonchev–Trinajstić information content (AvgIpc) is 2.04. The summed E-state index contributed by atoms with van der Waals surface area (Å²) in [4.78, 5) is 0. The largest absolute Gasteiger partial charge is 0.508 e. The van der Waals surface area contributed by atoms with Gasteiger partial charge < -0.3 is 14.9 Å². The van der Waals surface area contributed by atoms with E-state index in [9.17, 15) is 5.11 Å². The number of hydrogen-bond acceptors (Lipinski definition) is 3. The second-order valence-electron chi connectivity index (χ2n) is 2.60. The fraction of sp³-hybridized carbons (Fsp3) is 0.333. The topological polar surface area (TPSA) is 49.7 Å². The molecule has 0 aliphatic heterocycles. The molecule has 0 heterocycles. The van der Waals surface area contributed by atoms with Gasteiger partial charge in [-0.05, 0) is 25.1 Å². The van der Waals surface area contributed by atoms with Gasteiger partial charge in [-0.15, -0.1) is 0 Å². The van der Waals surface area contributed by atoms with Crippen LogP contribution in [0.2, 0.25) is 0 Å². The molecule has 1 aromatic carbocycles. The van der Waals surface area contributed by atoms with Gasteiger partial charge in [-0.25, -0.2) is 0 Å². The number of benzene rings is 1. The molecule has 0 radical (unpaired) electrons. The Hall–Kier alpha value is -1.22. The van der Waals surface area contributed by atoms with E-state index in [4.69, 9.17) is 9.84 Å². The Morgan fingerprint density at radius 3 is 2.58 bits per heavy atom. The van der Waals surface area contributed by atoms with Crippen molar-refractivity contribution in [1.82, 2.24) is 0 Å². The molecular weight excluding hydrogens is 156 g/mol. The molecule has 1 unspecified atom stereocenters. The molecule has 0 saturated carbocycles. The molecule has 3 nitrogen and oxygen atoms in total. The van der Waals surface area contributed by atoms with E-state index in [1.165, 1.54) is 19.2 Å². The van der Waals surface area contributed by atoms with E-state index in [2.05, 4.69) is 0 Å². The van der Waals surface area contributed by atoms with Crippen LogP contribution in [0.3, 0.4) is 0 Å². The van der Waals surface area contributed by atoms with Crippen molar-refractivity contribution in [2.75, 3.05) is 7.11 Å². The van der Waals surface area contributed by atoms with Crippen LogP contribution in [0.1, 0.15) is 18.6 Å². The van der Waals surface area contributed by atoms with Crippen LogP contribution in [0.4, 0.5) is 0 Å². The first-order valence-electron chi connectivity index (χ1n) is 3.70. The molecule has 1 rings (SSSR count). The zero-order chi connectivity index (χ0) is 9.14. The lowest BCUT2D eigenvalue weighted by molar-refractivity contribution is 0.194. The SMILES string of the molecule is COc1ccc(O)cc1C(C)O. The van der Waals surface area contributed by atoms with E-state index < -0.39 is 6.10 Å². The maximum absolute atomic E-state index is 9.27. The van der Waals surface area contributed by atoms with Gasteiger partial charge >= 0.3 is 0 Å². The zero-order valence-corrected chi connectivity index (χ0v) is 7.11. The number of aliphatic hydroxyl groups excluding tert-OH is 1. The highest BCUT2D eigenvalue weighted by molar-refractivity contribution is 5.40. The molecular formula is C9H12O3. The number of phenols is 1. The first kappa shape index (κ1) is 8.87. The average molecular weight is 168 g/mol. The predicted octanol–water partition coefficient (Wildman–Crippen LogP) is 1.45. The normalized spacial score (nSPS) is 12.6. The summed E-state index contributed by atoms with van der Waals surface area (Å²) in [6.07, 6.45) is -0.632. The van der Waals surface area contributed by atoms with Gasteiger partial charge in [0, 0.05) is 5.56 Å². The van der Waals surface area contributed by atoms with E-state index >= 15 is 0 Å². The van der Waals surface area contributed by atoms with Crippen molar-refractivity contribution >= 4 is 0 Å². The van der Waals surface area contributed by atoms with E-state index in [1.54, 1.807) is 13.0 Å². The molecule has 0 bridgehead atoms. The highest BCUT2D eigenvalue weighted by atomic mass is 16.5. The second kappa shape index (κ2) is 3.45. The molecule has 66 valence electrons. The van der Waals surface area contributed by atoms with Crippen LogP contribution in [0.15, 0.2) is 18.2 Å². The molecule has 3 heteroatoms. The first-order valence-corrected chi connectivity index (χ1v) is 3.70. The molecule has 0 amide bonds. The van der Waals surface area contributed by atoms with Crippen LogP contribution >= 0.6 is 0 Å². The first-order chi connectivity index (χ1) is 5.65. The van der Waals surface area contributed by atoms with Gasteiger partial charge in [-0.3, -0.25) is 0 Å². The van der Waals surface area contributed by atoms with Crippen molar-refractivity contribution in [2.45, 2.75) is 13.0 Å². The summed E-state index contributed by atoms with van der Waals surface area (Å²) in [5, 5.41) is 18.4. The quantitative estimate of drug-likeness (QED) is 0.702. The number of rotatable bonds is 2. The molecule has 1 aromatic rings. The predicted molar refractivity (Wildman–Crippen MR) is 45.3 cm³/mol. The van der Waals surface area contributed by atoms with Crippen LogP contribution < -0.4 is 4.74 Å². The Bertz CT molecular complexity index is 268. The lowest BCUT2D eigenvalue weighted by Gasteiger charge is -2.10. The number of phenolic OH excluding ortho intramolecular Hbond substituents is 1. The highest BCUT2D eigenvalue weighted by Crippen LogP contribution is 2.28. The summed E-state index contributed by atoms with van der Waals surface area (Å²) in [7, 11) is 1.53. The zero-order valence-electron chi connectivity index (χ0n) is 7.11. The van der Waals surface area contributed by atoms with Crippen molar-refractivity contribution in [1.29, 1.82) is 0 Å². The highest BCUT2D eigenvalue weighted by Gasteiger charge is 2.08. The molecule has 0 fully saturated rings. The monoisotopic (exact) mass is 168 g/mol. The number of methoxy groups -OCH3 is 1. The van der Waals surface area contributed by atoms with Gasteiger partial charge in [-0.2, -0.15) is 0 Å². The van der Waals surface area contributed by atoms with Crippen LogP contribution in [0, 0.1) is 0 Å². The standard InChI is InChI=1S/C9H12O3/c1-6(10)8-5-7(11)3-4-9(8)12-2/h3-6,10-11H,1-2H3. The van der Waals surface area contributed by atoms with Crippen molar-refractivity contribution in [2.24, 2.45) is 0 Å². The summed E-state index contributed by atoms with van der Waals surface area (Å²) in [5.74, 6) is 0.717. The van der Waals surface area contributed by atoms with E-state index in [0.29, 0.717) is 11.3 Å². The summed E-state index contributed by atoms with van der Waals surface area (Å²) < 4.78 is 4.99. The minimum atomic E-state index is -0.632. The van der Waals surface area contributed by atoms with E-state index in [-0.39, 0.29) is 5.75 Å². The Morgan fingerprint density at radius 1 is 1.42 bits per heavy atom. The smallest absolute Gasteiger partial charge is 0.124 e. The van der Waals surface area contributed by atoms with Crippen LogP contribution in [0.5, 0.6) is 11.5 Å². The van der Waals surface area contributed by atoms with Gasteiger partial charge in [0.1, 0.15) is 11.5 Å². The number of hydrogen-bond donors (Lipinski definition) is 2. The van der Waals surface area contributed by atoms with Gasteiger partial charge in [-0.1, -0.05) is 0 Å². The number of aromatic hydroxyl groups is 1. The van der Waals surface area contributed by atoms with Crippen molar-refractivity contribution < 1.29 is 14.9 Å². The minimum Gasteiger partial charge on any atom is -0.508 e. The fourth-order valence-electron chi connectivity index (χ4n) is 1.05. The Labute approximate surface area is 71.2 Å². The van der Waals surface area contributed by atoms with E-state index in [1.807, 2.05) is 0 Å². The molecule has 0 spiro atoms. The molecule has 2 N–H and O–H groups in total. The van der Waals surface area contributed by atoms with Crippen molar-refractivity contribution in [3.8, 4) is 11.5 Å². The number of ether oxygens (including phenoxy) is 1. The van der Waals surface area contributed by atoms with Gasteiger partial charge in [0.25, 0.3) is 0 Å². The lowest BCUT2D eigenvalue weighted by Crippen LogP contribution is -1.95. The third kappa shape index (κ3) is 1.68. The molecule has 0 saturated heterocycles. The maximum Gasteiger partial charge on any atom is 0.124 e. The lowest BCUT2D eigenvalue weighted by atomic mass is 10.1. The summed E-state index contributed by atoms with van der Waals surface area (Å²) in [5.41, 5.74) is 0.595. The van der Waals surface area contributed by atoms with Crippen LogP contribution in [-0.2, 0) is 0 Å². The van der Waals surface area contributed by atoms with Crippen LogP contribution in [-0.4, -0.2) is 17.3 Å². The van der Waals surface area contributed by atoms with Crippen molar-refractivity contribution in [3.63, 3.8) is 0 Å². The summed E-state index contributed by atoms with van der Waals surface area (Å²) >= 11 is 0. The molecule has 12 heavy (non-hydrogen) atoms. The molecule has 0 aliphatic rings. The molecule has 1 atom stereocenters. The Kier molecular flexibility index (Phi) is 2.55. The molecule has 0 aliphatic carbocycles. The third-order valence-corrected chi connectivity index (χ3v) is 1.66. The Balaban J connectivity index is 3.12. The van der Waals surface area contributed by atoms with Crippen molar-refractivity contribution in [3.05, 3.63) is 23.8 Å². The van der Waals surface area contributed by atoms with Gasteiger partial charge in [0.15, 0.2) is 0 Å². The molecule has 0 aromatic heterocycles. The third-order valence-electron chi connectivity index (χ3n) is 1.66. The second-order valence-corrected chi connectivity index (χ2v) is 2.60. The van der Waals surface area contributed by atoms with Gasteiger partial charge in [0.05, 0.1) is 13.2 Å². The maximum atomic E-state index is 9.27. The minimum absolute atomic E-state index is 0.131. The summed E-state index contributed by atoms with van der Waals surface area (Å²) in [6, 6.07) is 4.63. The van der Waals surface area contributed by atoms with Gasteiger partial charge in [0.2, 0.25) is 0 Å².